The molecule has 3 rings (SSSR count). The standard InChI is InChI=1S/C16H14Cl2N4O4/c1-7-12(15(24)21(3)19-7)14(23)9-4-5-11(17)10(13(9)18)6-22-16(25)26-8(2)20-22/h4-5,24H,6H2,1-3H3. The van der Waals surface area contributed by atoms with Gasteiger partial charge < -0.3 is 9.52 Å². The second-order valence-corrected chi connectivity index (χ2v) is 6.45. The summed E-state index contributed by atoms with van der Waals surface area (Å²) in [5, 5.41) is 18.4. The number of carbonyl (C=O) groups is 1. The highest BCUT2D eigenvalue weighted by atomic mass is 35.5. The summed E-state index contributed by atoms with van der Waals surface area (Å²) in [5.41, 5.74) is 0.893. The summed E-state index contributed by atoms with van der Waals surface area (Å²) < 4.78 is 7.11. The van der Waals surface area contributed by atoms with Gasteiger partial charge in [-0.1, -0.05) is 23.2 Å². The lowest BCUT2D eigenvalue weighted by Gasteiger charge is -2.10. The van der Waals surface area contributed by atoms with Crippen molar-refractivity contribution in [2.45, 2.75) is 20.4 Å². The maximum atomic E-state index is 12.9. The van der Waals surface area contributed by atoms with E-state index in [0.29, 0.717) is 11.3 Å². The van der Waals surface area contributed by atoms with Gasteiger partial charge in [0, 0.05) is 30.1 Å². The number of aromatic hydroxyl groups is 1. The Morgan fingerprint density at radius 3 is 2.50 bits per heavy atom. The smallest absolute Gasteiger partial charge is 0.437 e. The molecule has 0 aliphatic carbocycles. The molecule has 0 unspecified atom stereocenters. The number of carbonyl (C=O) groups excluding carboxylic acids is 1. The van der Waals surface area contributed by atoms with Gasteiger partial charge in [-0.2, -0.15) is 9.78 Å². The molecule has 0 radical (unpaired) electrons. The maximum Gasteiger partial charge on any atom is 0.437 e. The number of rotatable bonds is 4. The molecule has 10 heteroatoms. The van der Waals surface area contributed by atoms with Crippen LogP contribution in [-0.2, 0) is 13.6 Å². The highest BCUT2D eigenvalue weighted by Crippen LogP contribution is 2.32. The Hall–Kier alpha value is -2.58. The van der Waals surface area contributed by atoms with E-state index < -0.39 is 11.5 Å². The molecule has 0 bridgehead atoms. The molecule has 26 heavy (non-hydrogen) atoms. The third-order valence-corrected chi connectivity index (χ3v) is 4.65. The minimum Gasteiger partial charge on any atom is -0.493 e. The van der Waals surface area contributed by atoms with Gasteiger partial charge in [0.1, 0.15) is 5.56 Å². The van der Waals surface area contributed by atoms with Crippen LogP contribution < -0.4 is 5.76 Å². The molecular formula is C16H14Cl2N4O4. The largest absolute Gasteiger partial charge is 0.493 e. The van der Waals surface area contributed by atoms with Crippen molar-refractivity contribution in [3.05, 3.63) is 61.0 Å². The van der Waals surface area contributed by atoms with Gasteiger partial charge in [0.05, 0.1) is 17.3 Å². The van der Waals surface area contributed by atoms with Crippen molar-refractivity contribution in [3.63, 3.8) is 0 Å². The van der Waals surface area contributed by atoms with Crippen molar-refractivity contribution in [1.82, 2.24) is 19.6 Å². The van der Waals surface area contributed by atoms with Gasteiger partial charge in [0.15, 0.2) is 0 Å². The number of aryl methyl sites for hydroxylation is 3. The quantitative estimate of drug-likeness (QED) is 0.679. The molecule has 8 nitrogen and oxygen atoms in total. The van der Waals surface area contributed by atoms with Gasteiger partial charge in [-0.25, -0.2) is 9.48 Å². The minimum absolute atomic E-state index is 0.0529. The average molecular weight is 397 g/mol. The summed E-state index contributed by atoms with van der Waals surface area (Å²) in [6.07, 6.45) is 0. The highest BCUT2D eigenvalue weighted by molar-refractivity contribution is 6.39. The number of aromatic nitrogens is 4. The first-order chi connectivity index (χ1) is 12.2. The van der Waals surface area contributed by atoms with Crippen LogP contribution >= 0.6 is 23.2 Å². The molecule has 0 fully saturated rings. The summed E-state index contributed by atoms with van der Waals surface area (Å²) in [5.74, 6) is -1.22. The monoisotopic (exact) mass is 396 g/mol. The lowest BCUT2D eigenvalue weighted by molar-refractivity contribution is 0.103. The predicted octanol–water partition coefficient (Wildman–Crippen LogP) is 2.48. The molecule has 1 N–H and O–H groups in total. The summed E-state index contributed by atoms with van der Waals surface area (Å²) in [6.45, 7) is 3.08. The molecule has 2 aromatic heterocycles. The van der Waals surface area contributed by atoms with E-state index in [1.54, 1.807) is 6.92 Å². The van der Waals surface area contributed by atoms with Crippen LogP contribution in [0.3, 0.4) is 0 Å². The Morgan fingerprint density at radius 1 is 1.27 bits per heavy atom. The van der Waals surface area contributed by atoms with Crippen molar-refractivity contribution in [3.8, 4) is 5.88 Å². The van der Waals surface area contributed by atoms with E-state index in [9.17, 15) is 14.7 Å². The molecule has 0 aliphatic heterocycles. The zero-order valence-electron chi connectivity index (χ0n) is 14.1. The number of benzene rings is 1. The van der Waals surface area contributed by atoms with E-state index in [4.69, 9.17) is 27.6 Å². The van der Waals surface area contributed by atoms with Gasteiger partial charge in [-0.15, -0.1) is 5.10 Å². The third kappa shape index (κ3) is 3.02. The molecule has 0 atom stereocenters. The Labute approximate surface area is 157 Å². The van der Waals surface area contributed by atoms with E-state index in [2.05, 4.69) is 10.2 Å². The Kier molecular flexibility index (Phi) is 4.64. The molecule has 0 amide bonds. The minimum atomic E-state index is -0.660. The van der Waals surface area contributed by atoms with Crippen LogP contribution in [0, 0.1) is 13.8 Å². The lowest BCUT2D eigenvalue weighted by atomic mass is 10.0. The van der Waals surface area contributed by atoms with Crippen LogP contribution in [0.2, 0.25) is 10.0 Å². The first-order valence-electron chi connectivity index (χ1n) is 7.49. The highest BCUT2D eigenvalue weighted by Gasteiger charge is 2.25. The Bertz CT molecular complexity index is 1080. The van der Waals surface area contributed by atoms with E-state index in [1.807, 2.05) is 0 Å². The number of ketones is 1. The SMILES string of the molecule is Cc1nn(Cc2c(Cl)ccc(C(=O)c3c(C)nn(C)c3O)c2Cl)c(=O)o1. The molecule has 2 heterocycles. The van der Waals surface area contributed by atoms with Gasteiger partial charge in [0.25, 0.3) is 0 Å². The van der Waals surface area contributed by atoms with E-state index in [0.717, 1.165) is 4.68 Å². The summed E-state index contributed by atoms with van der Waals surface area (Å²) >= 11 is 12.6. The predicted molar refractivity (Wildman–Crippen MR) is 94.1 cm³/mol. The van der Waals surface area contributed by atoms with Crippen molar-refractivity contribution in [2.24, 2.45) is 7.05 Å². The normalized spacial score (nSPS) is 11.1. The van der Waals surface area contributed by atoms with E-state index in [-0.39, 0.29) is 39.5 Å². The Morgan fingerprint density at radius 2 is 1.96 bits per heavy atom. The van der Waals surface area contributed by atoms with Crippen LogP contribution in [0.4, 0.5) is 0 Å². The van der Waals surface area contributed by atoms with Gasteiger partial charge >= 0.3 is 5.76 Å². The fraction of sp³-hybridized carbons (Fsp3) is 0.250. The second-order valence-electron chi connectivity index (χ2n) is 5.67. The molecule has 0 saturated carbocycles. The molecule has 0 spiro atoms. The van der Waals surface area contributed by atoms with Crippen molar-refractivity contribution >= 4 is 29.0 Å². The van der Waals surface area contributed by atoms with Crippen LogP contribution in [0.15, 0.2) is 21.3 Å². The van der Waals surface area contributed by atoms with Gasteiger partial charge in [-0.3, -0.25) is 4.79 Å². The summed E-state index contributed by atoms with van der Waals surface area (Å²) in [6, 6.07) is 2.95. The number of nitrogens with zero attached hydrogens (tertiary/aromatic N) is 4. The van der Waals surface area contributed by atoms with Crippen molar-refractivity contribution < 1.29 is 14.3 Å². The first kappa shape index (κ1) is 18.2. The zero-order chi connectivity index (χ0) is 19.2. The number of hydrogen-bond acceptors (Lipinski definition) is 6. The fourth-order valence-corrected chi connectivity index (χ4v) is 3.20. The Balaban J connectivity index is 2.09. The van der Waals surface area contributed by atoms with Gasteiger partial charge in [-0.05, 0) is 19.1 Å². The molecule has 0 saturated heterocycles. The topological polar surface area (TPSA) is 103 Å². The van der Waals surface area contributed by atoms with E-state index in [1.165, 1.54) is 30.8 Å². The van der Waals surface area contributed by atoms with Crippen molar-refractivity contribution in [1.29, 1.82) is 0 Å². The lowest BCUT2D eigenvalue weighted by Crippen LogP contribution is -2.17. The average Bonchev–Trinajstić information content (AvgIpc) is 3.01. The molecule has 1 aromatic carbocycles. The van der Waals surface area contributed by atoms with Crippen LogP contribution in [0.25, 0.3) is 0 Å². The van der Waals surface area contributed by atoms with Gasteiger partial charge in [0.2, 0.25) is 17.6 Å². The molecular weight excluding hydrogens is 383 g/mol. The zero-order valence-corrected chi connectivity index (χ0v) is 15.6. The maximum absolute atomic E-state index is 12.9. The second kappa shape index (κ2) is 6.62. The fourth-order valence-electron chi connectivity index (χ4n) is 2.62. The van der Waals surface area contributed by atoms with Crippen LogP contribution in [0.1, 0.15) is 33.1 Å². The summed E-state index contributed by atoms with van der Waals surface area (Å²) in [7, 11) is 1.52. The van der Waals surface area contributed by atoms with Crippen LogP contribution in [-0.4, -0.2) is 30.5 Å². The van der Waals surface area contributed by atoms with E-state index >= 15 is 0 Å². The number of hydrogen-bond donors (Lipinski definition) is 1. The number of halogens is 2. The molecule has 136 valence electrons. The first-order valence-corrected chi connectivity index (χ1v) is 8.25. The molecule has 3 aromatic rings. The third-order valence-electron chi connectivity index (χ3n) is 3.86. The van der Waals surface area contributed by atoms with Crippen LogP contribution in [0.5, 0.6) is 5.88 Å². The molecule has 0 aliphatic rings. The van der Waals surface area contributed by atoms with Crippen molar-refractivity contribution in [2.75, 3.05) is 0 Å². The summed E-state index contributed by atoms with van der Waals surface area (Å²) in [4.78, 5) is 24.6.